The van der Waals surface area contributed by atoms with Crippen LogP contribution >= 0.6 is 11.3 Å². The van der Waals surface area contributed by atoms with E-state index in [-0.39, 0.29) is 0 Å². The molecule has 2 rings (SSSR count). The molecule has 0 saturated carbocycles. The van der Waals surface area contributed by atoms with Crippen molar-refractivity contribution in [2.75, 3.05) is 6.54 Å². The first kappa shape index (κ1) is 13.3. The molecule has 2 heteroatoms. The van der Waals surface area contributed by atoms with Crippen molar-refractivity contribution in [1.29, 1.82) is 0 Å². The Hall–Kier alpha value is -1.12. The van der Waals surface area contributed by atoms with Crippen LogP contribution in [0.1, 0.15) is 41.8 Å². The molecular formula is C16H21NS. The van der Waals surface area contributed by atoms with E-state index in [1.54, 1.807) is 0 Å². The molecule has 2 unspecified atom stereocenters. The number of thiophene rings is 1. The molecule has 2 aromatic rings. The van der Waals surface area contributed by atoms with E-state index in [4.69, 9.17) is 0 Å². The molecule has 0 saturated heterocycles. The lowest BCUT2D eigenvalue weighted by Crippen LogP contribution is -2.25. The third kappa shape index (κ3) is 3.01. The number of nitrogens with one attached hydrogen (secondary N) is 1. The van der Waals surface area contributed by atoms with Crippen LogP contribution in [0.2, 0.25) is 0 Å². The third-order valence-corrected chi connectivity index (χ3v) is 4.24. The van der Waals surface area contributed by atoms with Crippen molar-refractivity contribution in [3.8, 4) is 0 Å². The monoisotopic (exact) mass is 259 g/mol. The van der Waals surface area contributed by atoms with Gasteiger partial charge in [-0.25, -0.2) is 0 Å². The molecule has 0 amide bonds. The molecule has 1 aromatic carbocycles. The van der Waals surface area contributed by atoms with Gasteiger partial charge < -0.3 is 5.32 Å². The van der Waals surface area contributed by atoms with E-state index in [0.29, 0.717) is 12.0 Å². The normalized spacial score (nSPS) is 14.4. The Morgan fingerprint density at radius 2 is 1.89 bits per heavy atom. The van der Waals surface area contributed by atoms with Crippen molar-refractivity contribution in [3.63, 3.8) is 0 Å². The van der Waals surface area contributed by atoms with Crippen molar-refractivity contribution >= 4 is 11.3 Å². The first-order valence-corrected chi connectivity index (χ1v) is 7.43. The number of benzene rings is 1. The summed E-state index contributed by atoms with van der Waals surface area (Å²) in [4.78, 5) is 1.38. The summed E-state index contributed by atoms with van der Waals surface area (Å²) in [5, 5.41) is 5.90. The summed E-state index contributed by atoms with van der Waals surface area (Å²) in [5.74, 6) is 0.486. The Labute approximate surface area is 114 Å². The van der Waals surface area contributed by atoms with E-state index in [9.17, 15) is 0 Å². The Balaban J connectivity index is 2.25. The Morgan fingerprint density at radius 1 is 1.17 bits per heavy atom. The quantitative estimate of drug-likeness (QED) is 0.833. The Kier molecular flexibility index (Phi) is 4.56. The summed E-state index contributed by atoms with van der Waals surface area (Å²) in [6.07, 6.45) is 0. The van der Waals surface area contributed by atoms with Gasteiger partial charge in [0.1, 0.15) is 0 Å². The fraction of sp³-hybridized carbons (Fsp3) is 0.375. The number of aryl methyl sites for hydroxylation is 1. The van der Waals surface area contributed by atoms with Gasteiger partial charge in [-0.2, -0.15) is 0 Å². The molecule has 0 bridgehead atoms. The van der Waals surface area contributed by atoms with Crippen LogP contribution in [-0.2, 0) is 0 Å². The molecule has 0 radical (unpaired) electrons. The zero-order chi connectivity index (χ0) is 13.0. The van der Waals surface area contributed by atoms with Gasteiger partial charge in [0.15, 0.2) is 0 Å². The molecule has 0 fully saturated rings. The summed E-state index contributed by atoms with van der Waals surface area (Å²) in [6.45, 7) is 7.64. The topological polar surface area (TPSA) is 12.0 Å². The van der Waals surface area contributed by atoms with Crippen LogP contribution in [0.15, 0.2) is 41.8 Å². The average molecular weight is 259 g/mol. The van der Waals surface area contributed by atoms with Crippen molar-refractivity contribution in [2.24, 2.45) is 0 Å². The van der Waals surface area contributed by atoms with Gasteiger partial charge in [-0.1, -0.05) is 44.2 Å². The molecule has 1 nitrogen and oxygen atoms in total. The molecule has 0 spiro atoms. The zero-order valence-electron chi connectivity index (χ0n) is 11.3. The molecule has 2 atom stereocenters. The smallest absolute Gasteiger partial charge is 0.0395 e. The summed E-state index contributed by atoms with van der Waals surface area (Å²) in [6, 6.07) is 13.5. The standard InChI is InChI=1S/C16H21NS/c1-4-17-16(15-10-12(2)18-11-15)13(3)14-8-6-5-7-9-14/h5-11,13,16-17H,4H2,1-3H3. The Bertz CT molecular complexity index is 475. The highest BCUT2D eigenvalue weighted by Gasteiger charge is 2.20. The van der Waals surface area contributed by atoms with Gasteiger partial charge in [0.25, 0.3) is 0 Å². The highest BCUT2D eigenvalue weighted by atomic mass is 32.1. The molecule has 18 heavy (non-hydrogen) atoms. The fourth-order valence-corrected chi connectivity index (χ4v) is 3.12. The van der Waals surface area contributed by atoms with E-state index in [0.717, 1.165) is 6.54 Å². The van der Waals surface area contributed by atoms with Gasteiger partial charge in [0.2, 0.25) is 0 Å². The lowest BCUT2D eigenvalue weighted by molar-refractivity contribution is 0.480. The van der Waals surface area contributed by atoms with Crippen LogP contribution < -0.4 is 5.32 Å². The second-order valence-corrected chi connectivity index (χ2v) is 5.84. The van der Waals surface area contributed by atoms with E-state index < -0.39 is 0 Å². The minimum atomic E-state index is 0.405. The molecule has 0 aliphatic heterocycles. The maximum Gasteiger partial charge on any atom is 0.0395 e. The summed E-state index contributed by atoms with van der Waals surface area (Å²) in [5.41, 5.74) is 2.81. The van der Waals surface area contributed by atoms with Crippen molar-refractivity contribution in [3.05, 3.63) is 57.8 Å². The van der Waals surface area contributed by atoms with Gasteiger partial charge in [-0.3, -0.25) is 0 Å². The highest BCUT2D eigenvalue weighted by molar-refractivity contribution is 7.10. The van der Waals surface area contributed by atoms with Gasteiger partial charge in [0.05, 0.1) is 0 Å². The predicted molar refractivity (Wildman–Crippen MR) is 80.3 cm³/mol. The van der Waals surface area contributed by atoms with Crippen molar-refractivity contribution in [1.82, 2.24) is 5.32 Å². The number of rotatable bonds is 5. The van der Waals surface area contributed by atoms with E-state index >= 15 is 0 Å². The first-order chi connectivity index (χ1) is 8.72. The van der Waals surface area contributed by atoms with Crippen LogP contribution in [0.25, 0.3) is 0 Å². The summed E-state index contributed by atoms with van der Waals surface area (Å²) >= 11 is 1.83. The van der Waals surface area contributed by atoms with Crippen LogP contribution in [-0.4, -0.2) is 6.54 Å². The lowest BCUT2D eigenvalue weighted by Gasteiger charge is -2.24. The maximum absolute atomic E-state index is 3.62. The van der Waals surface area contributed by atoms with Gasteiger partial charge in [-0.05, 0) is 36.0 Å². The fourth-order valence-electron chi connectivity index (χ4n) is 2.38. The van der Waals surface area contributed by atoms with Crippen LogP contribution in [0.5, 0.6) is 0 Å². The Morgan fingerprint density at radius 3 is 2.44 bits per heavy atom. The highest BCUT2D eigenvalue weighted by Crippen LogP contribution is 2.32. The predicted octanol–water partition coefficient (Wildman–Crippen LogP) is 4.51. The van der Waals surface area contributed by atoms with Gasteiger partial charge >= 0.3 is 0 Å². The number of hydrogen-bond acceptors (Lipinski definition) is 2. The largest absolute Gasteiger partial charge is 0.310 e. The molecule has 0 aliphatic rings. The van der Waals surface area contributed by atoms with Crippen LogP contribution in [0, 0.1) is 6.92 Å². The number of likely N-dealkylation sites (N-methyl/N-ethyl adjacent to an activating group) is 1. The van der Waals surface area contributed by atoms with E-state index in [1.807, 2.05) is 11.3 Å². The molecule has 96 valence electrons. The minimum Gasteiger partial charge on any atom is -0.310 e. The minimum absolute atomic E-state index is 0.405. The van der Waals surface area contributed by atoms with Gasteiger partial charge in [-0.15, -0.1) is 11.3 Å². The molecular weight excluding hydrogens is 238 g/mol. The number of hydrogen-bond donors (Lipinski definition) is 1. The van der Waals surface area contributed by atoms with Crippen LogP contribution in [0.4, 0.5) is 0 Å². The first-order valence-electron chi connectivity index (χ1n) is 6.55. The molecule has 1 aromatic heterocycles. The summed E-state index contributed by atoms with van der Waals surface area (Å²) < 4.78 is 0. The maximum atomic E-state index is 3.62. The van der Waals surface area contributed by atoms with E-state index in [1.165, 1.54) is 16.0 Å². The third-order valence-electron chi connectivity index (χ3n) is 3.36. The zero-order valence-corrected chi connectivity index (χ0v) is 12.1. The second kappa shape index (κ2) is 6.17. The van der Waals surface area contributed by atoms with Gasteiger partial charge in [0, 0.05) is 16.8 Å². The lowest BCUT2D eigenvalue weighted by atomic mass is 9.89. The van der Waals surface area contributed by atoms with Crippen LogP contribution in [0.3, 0.4) is 0 Å². The van der Waals surface area contributed by atoms with Crippen molar-refractivity contribution < 1.29 is 0 Å². The summed E-state index contributed by atoms with van der Waals surface area (Å²) in [7, 11) is 0. The van der Waals surface area contributed by atoms with E-state index in [2.05, 4.69) is 67.9 Å². The van der Waals surface area contributed by atoms with Crippen molar-refractivity contribution in [2.45, 2.75) is 32.7 Å². The molecule has 1 N–H and O–H groups in total. The molecule has 1 heterocycles. The SMILES string of the molecule is CCNC(c1csc(C)c1)C(C)c1ccccc1. The second-order valence-electron chi connectivity index (χ2n) is 4.73. The molecule has 0 aliphatic carbocycles. The average Bonchev–Trinajstić information content (AvgIpc) is 2.82.